The lowest BCUT2D eigenvalue weighted by Gasteiger charge is -2.07. The van der Waals surface area contributed by atoms with Crippen molar-refractivity contribution in [2.24, 2.45) is 0 Å². The fraction of sp³-hybridized carbons (Fsp3) is 0. The first kappa shape index (κ1) is 14.1. The molecule has 0 aliphatic carbocycles. The highest BCUT2D eigenvalue weighted by Crippen LogP contribution is 2.29. The SMILES string of the molecule is Fc1c(Cl)cc(-n2c(=S)[nH]c3cc(Br)ccc32)cc1Cl. The molecule has 0 radical (unpaired) electrons. The molecule has 1 heterocycles. The minimum Gasteiger partial charge on any atom is -0.330 e. The van der Waals surface area contributed by atoms with Crippen molar-refractivity contribution in [2.75, 3.05) is 0 Å². The highest BCUT2D eigenvalue weighted by molar-refractivity contribution is 9.10. The van der Waals surface area contributed by atoms with Crippen LogP contribution < -0.4 is 0 Å². The number of hydrogen-bond acceptors (Lipinski definition) is 1. The minimum atomic E-state index is -0.633. The molecule has 0 aliphatic rings. The summed E-state index contributed by atoms with van der Waals surface area (Å²) in [4.78, 5) is 3.09. The van der Waals surface area contributed by atoms with E-state index < -0.39 is 5.82 Å². The summed E-state index contributed by atoms with van der Waals surface area (Å²) in [5.74, 6) is -0.633. The maximum absolute atomic E-state index is 13.5. The molecule has 0 atom stereocenters. The molecule has 2 aromatic carbocycles. The molecule has 20 heavy (non-hydrogen) atoms. The molecule has 0 aliphatic heterocycles. The molecule has 0 bridgehead atoms. The zero-order chi connectivity index (χ0) is 14.4. The van der Waals surface area contributed by atoms with Crippen LogP contribution in [0.1, 0.15) is 0 Å². The Morgan fingerprint density at radius 3 is 2.45 bits per heavy atom. The van der Waals surface area contributed by atoms with Crippen LogP contribution in [0.2, 0.25) is 10.0 Å². The maximum Gasteiger partial charge on any atom is 0.182 e. The van der Waals surface area contributed by atoms with Gasteiger partial charge < -0.3 is 4.98 Å². The van der Waals surface area contributed by atoms with E-state index >= 15 is 0 Å². The van der Waals surface area contributed by atoms with Crippen molar-refractivity contribution in [3.8, 4) is 5.69 Å². The van der Waals surface area contributed by atoms with Gasteiger partial charge in [-0.1, -0.05) is 39.1 Å². The molecule has 3 aromatic rings. The number of nitrogens with zero attached hydrogens (tertiary/aromatic N) is 1. The van der Waals surface area contributed by atoms with Crippen molar-refractivity contribution in [2.45, 2.75) is 0 Å². The van der Waals surface area contributed by atoms with Crippen LogP contribution in [-0.4, -0.2) is 9.55 Å². The Bertz CT molecular complexity index is 865. The summed E-state index contributed by atoms with van der Waals surface area (Å²) in [5, 5.41) is -0.0817. The lowest BCUT2D eigenvalue weighted by Crippen LogP contribution is -1.95. The Morgan fingerprint density at radius 2 is 1.80 bits per heavy atom. The van der Waals surface area contributed by atoms with Gasteiger partial charge in [0.2, 0.25) is 0 Å². The summed E-state index contributed by atoms with van der Waals surface area (Å²) in [6, 6.07) is 8.70. The van der Waals surface area contributed by atoms with Gasteiger partial charge in [0.05, 0.1) is 26.8 Å². The van der Waals surface area contributed by atoms with Gasteiger partial charge in [-0.15, -0.1) is 0 Å². The summed E-state index contributed by atoms with van der Waals surface area (Å²) < 4.78 is 16.7. The van der Waals surface area contributed by atoms with Crippen LogP contribution in [0.3, 0.4) is 0 Å². The summed E-state index contributed by atoms with van der Waals surface area (Å²) in [5.41, 5.74) is 2.33. The molecule has 0 unspecified atom stereocenters. The quantitative estimate of drug-likeness (QED) is 0.404. The molecule has 0 saturated carbocycles. The van der Waals surface area contributed by atoms with E-state index in [0.29, 0.717) is 10.5 Å². The second kappa shape index (κ2) is 5.15. The van der Waals surface area contributed by atoms with E-state index in [1.54, 1.807) is 4.57 Å². The minimum absolute atomic E-state index is 0.0409. The van der Waals surface area contributed by atoms with Gasteiger partial charge in [-0.25, -0.2) is 4.39 Å². The zero-order valence-corrected chi connectivity index (χ0v) is 13.7. The van der Waals surface area contributed by atoms with E-state index in [1.165, 1.54) is 12.1 Å². The summed E-state index contributed by atoms with van der Waals surface area (Å²) in [7, 11) is 0. The Hall–Kier alpha value is -0.880. The van der Waals surface area contributed by atoms with Crippen LogP contribution in [0.5, 0.6) is 0 Å². The number of H-pyrrole nitrogens is 1. The van der Waals surface area contributed by atoms with Crippen LogP contribution >= 0.6 is 51.3 Å². The first-order valence-corrected chi connectivity index (χ1v) is 7.48. The molecule has 2 nitrogen and oxygen atoms in total. The van der Waals surface area contributed by atoms with Crippen molar-refractivity contribution in [3.63, 3.8) is 0 Å². The highest BCUT2D eigenvalue weighted by Gasteiger charge is 2.12. The third-order valence-corrected chi connectivity index (χ3v) is 4.20. The number of aromatic amines is 1. The summed E-state index contributed by atoms with van der Waals surface area (Å²) in [6.45, 7) is 0. The summed E-state index contributed by atoms with van der Waals surface area (Å²) >= 11 is 20.4. The van der Waals surface area contributed by atoms with Gasteiger partial charge in [-0.3, -0.25) is 4.57 Å². The Balaban J connectivity index is 2.35. The first-order valence-electron chi connectivity index (χ1n) is 5.52. The van der Waals surface area contributed by atoms with Crippen molar-refractivity contribution in [1.82, 2.24) is 9.55 Å². The van der Waals surface area contributed by atoms with Crippen molar-refractivity contribution < 1.29 is 4.39 Å². The van der Waals surface area contributed by atoms with E-state index in [9.17, 15) is 4.39 Å². The standard InChI is InChI=1S/C13H6BrCl2FN2S/c14-6-1-2-11-10(3-6)18-13(20)19(11)7-4-8(15)12(17)9(16)5-7/h1-5H,(H,18,20). The van der Waals surface area contributed by atoms with Crippen LogP contribution in [0, 0.1) is 10.6 Å². The van der Waals surface area contributed by atoms with Gasteiger partial charge in [-0.2, -0.15) is 0 Å². The normalized spacial score (nSPS) is 11.2. The van der Waals surface area contributed by atoms with E-state index in [1.807, 2.05) is 18.2 Å². The number of imidazole rings is 1. The van der Waals surface area contributed by atoms with Crippen molar-refractivity contribution in [3.05, 3.63) is 55.4 Å². The smallest absolute Gasteiger partial charge is 0.182 e. The predicted molar refractivity (Wildman–Crippen MR) is 86.1 cm³/mol. The van der Waals surface area contributed by atoms with Gasteiger partial charge in [0, 0.05) is 4.47 Å². The largest absolute Gasteiger partial charge is 0.330 e. The lowest BCUT2D eigenvalue weighted by molar-refractivity contribution is 0.628. The number of rotatable bonds is 1. The average Bonchev–Trinajstić information content (AvgIpc) is 2.70. The van der Waals surface area contributed by atoms with Crippen molar-refractivity contribution in [1.29, 1.82) is 0 Å². The van der Waals surface area contributed by atoms with E-state index in [4.69, 9.17) is 35.4 Å². The van der Waals surface area contributed by atoms with E-state index in [2.05, 4.69) is 20.9 Å². The van der Waals surface area contributed by atoms with Crippen molar-refractivity contribution >= 4 is 62.4 Å². The Kier molecular flexibility index (Phi) is 3.62. The number of fused-ring (bicyclic) bond motifs is 1. The third-order valence-electron chi connectivity index (χ3n) is 2.87. The Morgan fingerprint density at radius 1 is 1.15 bits per heavy atom. The average molecular weight is 392 g/mol. The molecule has 3 rings (SSSR count). The lowest BCUT2D eigenvalue weighted by atomic mass is 10.2. The van der Waals surface area contributed by atoms with E-state index in [0.717, 1.165) is 15.5 Å². The number of nitrogens with one attached hydrogen (secondary N) is 1. The number of halogens is 4. The van der Waals surface area contributed by atoms with Crippen LogP contribution in [0.15, 0.2) is 34.8 Å². The summed E-state index contributed by atoms with van der Waals surface area (Å²) in [6.07, 6.45) is 0. The van der Waals surface area contributed by atoms with Gasteiger partial charge >= 0.3 is 0 Å². The topological polar surface area (TPSA) is 20.7 Å². The molecule has 102 valence electrons. The fourth-order valence-electron chi connectivity index (χ4n) is 2.01. The van der Waals surface area contributed by atoms with Gasteiger partial charge in [-0.05, 0) is 42.5 Å². The molecule has 0 amide bonds. The van der Waals surface area contributed by atoms with Gasteiger partial charge in [0.25, 0.3) is 0 Å². The zero-order valence-electron chi connectivity index (χ0n) is 9.75. The molecule has 0 fully saturated rings. The number of benzene rings is 2. The van der Waals surface area contributed by atoms with Gasteiger partial charge in [0.15, 0.2) is 10.6 Å². The second-order valence-corrected chi connectivity index (χ2v) is 6.27. The Labute approximate surface area is 137 Å². The molecule has 1 N–H and O–H groups in total. The molecule has 0 spiro atoms. The predicted octanol–water partition coefficient (Wildman–Crippen LogP) is 5.90. The fourth-order valence-corrected chi connectivity index (χ4v) is 3.16. The second-order valence-electron chi connectivity index (χ2n) is 4.15. The van der Waals surface area contributed by atoms with Crippen LogP contribution in [0.25, 0.3) is 16.7 Å². The molecule has 0 saturated heterocycles. The molecule has 1 aromatic heterocycles. The monoisotopic (exact) mass is 390 g/mol. The molecular formula is C13H6BrCl2FN2S. The van der Waals surface area contributed by atoms with Gasteiger partial charge in [0.1, 0.15) is 0 Å². The number of aromatic nitrogens is 2. The third kappa shape index (κ3) is 2.29. The maximum atomic E-state index is 13.5. The molecular weight excluding hydrogens is 386 g/mol. The van der Waals surface area contributed by atoms with Crippen LogP contribution in [-0.2, 0) is 0 Å². The molecule has 7 heteroatoms. The van der Waals surface area contributed by atoms with E-state index in [-0.39, 0.29) is 10.0 Å². The first-order chi connectivity index (χ1) is 9.47. The van der Waals surface area contributed by atoms with Crippen LogP contribution in [0.4, 0.5) is 4.39 Å². The highest BCUT2D eigenvalue weighted by atomic mass is 79.9. The number of hydrogen-bond donors (Lipinski definition) is 1.